The highest BCUT2D eigenvalue weighted by atomic mass is 16.5. The molecule has 0 radical (unpaired) electrons. The van der Waals surface area contributed by atoms with Gasteiger partial charge in [-0.2, -0.15) is 0 Å². The molecule has 0 heterocycles. The summed E-state index contributed by atoms with van der Waals surface area (Å²) in [5.74, 6) is -1.72. The standard InChI is InChI=1S/C11H20O2.C10H14O5.C8H14O2.C8H8/c1-4-7-8-10(5-2)9-13-11(12)6-3;1-8(4-2-5-9(12)13)10(14)15-7-3-6-11;1-4-5-6-10-8(9)7(2)3;1-2-8-6-4-3-5-7-8/h6,10H,3-5,7-9H2,1-2H3;2,5,11H,1,3-4,6-7H2,(H,12,13);2,4-6H2,1,3H3;2-7H,1H2. The fourth-order valence-corrected chi connectivity index (χ4v) is 2.90. The Morgan fingerprint density at radius 2 is 1.46 bits per heavy atom. The number of esters is 3. The van der Waals surface area contributed by atoms with Crippen LogP contribution in [-0.2, 0) is 33.4 Å². The van der Waals surface area contributed by atoms with E-state index < -0.39 is 11.9 Å². The highest BCUT2D eigenvalue weighted by molar-refractivity contribution is 5.88. The van der Waals surface area contributed by atoms with Gasteiger partial charge in [-0.25, -0.2) is 19.2 Å². The minimum absolute atomic E-state index is 0.0430. The molecule has 46 heavy (non-hydrogen) atoms. The molecular formula is C37H56O9. The lowest BCUT2D eigenvalue weighted by atomic mass is 10.0. The molecule has 0 amide bonds. The number of aliphatic hydroxyl groups excluding tert-OH is 1. The van der Waals surface area contributed by atoms with Gasteiger partial charge in [0.2, 0.25) is 0 Å². The number of hydrogen-bond donors (Lipinski definition) is 2. The summed E-state index contributed by atoms with van der Waals surface area (Å²) in [4.78, 5) is 42.7. The fraction of sp³-hybridized carbons (Fsp3) is 0.459. The molecule has 0 spiro atoms. The Morgan fingerprint density at radius 1 is 0.870 bits per heavy atom. The molecule has 1 atom stereocenters. The van der Waals surface area contributed by atoms with Gasteiger partial charge < -0.3 is 24.4 Å². The topological polar surface area (TPSA) is 136 Å². The van der Waals surface area contributed by atoms with Gasteiger partial charge in [0, 0.05) is 36.3 Å². The van der Waals surface area contributed by atoms with Crippen LogP contribution in [0.2, 0.25) is 0 Å². The molecule has 0 aliphatic heterocycles. The second-order valence-corrected chi connectivity index (χ2v) is 9.90. The number of aliphatic carboxylic acids is 1. The van der Waals surface area contributed by atoms with E-state index in [1.165, 1.54) is 30.6 Å². The van der Waals surface area contributed by atoms with Crippen LogP contribution in [0.4, 0.5) is 0 Å². The Morgan fingerprint density at radius 3 is 1.91 bits per heavy atom. The van der Waals surface area contributed by atoms with Crippen LogP contribution in [0.15, 0.2) is 86.0 Å². The van der Waals surface area contributed by atoms with Gasteiger partial charge in [-0.15, -0.1) is 0 Å². The molecule has 0 saturated carbocycles. The van der Waals surface area contributed by atoms with Gasteiger partial charge >= 0.3 is 23.9 Å². The zero-order valence-corrected chi connectivity index (χ0v) is 28.3. The van der Waals surface area contributed by atoms with E-state index in [4.69, 9.17) is 24.4 Å². The van der Waals surface area contributed by atoms with Crippen molar-refractivity contribution in [2.75, 3.05) is 26.4 Å². The molecule has 0 saturated heterocycles. The van der Waals surface area contributed by atoms with Gasteiger partial charge in [0.05, 0.1) is 19.8 Å². The molecule has 1 unspecified atom stereocenters. The van der Waals surface area contributed by atoms with E-state index in [2.05, 4.69) is 47.1 Å². The van der Waals surface area contributed by atoms with Crippen LogP contribution in [0.3, 0.4) is 0 Å². The number of carbonyl (C=O) groups excluding carboxylic acids is 3. The number of carbonyl (C=O) groups is 4. The molecule has 2 N–H and O–H groups in total. The molecule has 9 nitrogen and oxygen atoms in total. The van der Waals surface area contributed by atoms with Crippen LogP contribution < -0.4 is 0 Å². The summed E-state index contributed by atoms with van der Waals surface area (Å²) in [6, 6.07) is 10.0. The van der Waals surface area contributed by atoms with E-state index in [0.29, 0.717) is 31.1 Å². The number of benzene rings is 1. The lowest BCUT2D eigenvalue weighted by Gasteiger charge is -2.13. The van der Waals surface area contributed by atoms with Crippen molar-refractivity contribution < 1.29 is 43.6 Å². The summed E-state index contributed by atoms with van der Waals surface area (Å²) >= 11 is 0. The molecule has 0 aliphatic rings. The first-order chi connectivity index (χ1) is 21.9. The number of aliphatic hydroxyl groups is 1. The molecule has 0 fully saturated rings. The summed E-state index contributed by atoms with van der Waals surface area (Å²) < 4.78 is 14.5. The summed E-state index contributed by atoms with van der Waals surface area (Å²) in [6.07, 6.45) is 12.4. The molecular weight excluding hydrogens is 588 g/mol. The van der Waals surface area contributed by atoms with Crippen LogP contribution in [-0.4, -0.2) is 60.5 Å². The van der Waals surface area contributed by atoms with Crippen LogP contribution in [0.25, 0.3) is 6.08 Å². The molecule has 0 aromatic heterocycles. The lowest BCUT2D eigenvalue weighted by Crippen LogP contribution is -2.12. The monoisotopic (exact) mass is 644 g/mol. The van der Waals surface area contributed by atoms with Crippen LogP contribution >= 0.6 is 0 Å². The van der Waals surface area contributed by atoms with E-state index in [9.17, 15) is 19.2 Å². The molecule has 9 heteroatoms. The first-order valence-corrected chi connectivity index (χ1v) is 15.6. The normalized spacial score (nSPS) is 10.2. The maximum Gasteiger partial charge on any atom is 0.333 e. The number of unbranched alkanes of at least 4 members (excludes halogenated alkanes) is 2. The van der Waals surface area contributed by atoms with Gasteiger partial charge in [0.1, 0.15) is 0 Å². The average molecular weight is 645 g/mol. The minimum Gasteiger partial charge on any atom is -0.478 e. The Kier molecular flexibility index (Phi) is 33.8. The minimum atomic E-state index is -1.07. The quantitative estimate of drug-likeness (QED) is 0.0673. The Hall–Kier alpha value is -4.24. The first kappa shape index (κ1) is 46.2. The highest BCUT2D eigenvalue weighted by Crippen LogP contribution is 2.12. The molecule has 1 aromatic rings. The zero-order chi connectivity index (χ0) is 35.6. The van der Waals surface area contributed by atoms with Crippen LogP contribution in [0.1, 0.15) is 84.6 Å². The Balaban J connectivity index is -0.000000549. The lowest BCUT2D eigenvalue weighted by molar-refractivity contribution is -0.140. The fourth-order valence-electron chi connectivity index (χ4n) is 2.90. The Bertz CT molecular complexity index is 1040. The largest absolute Gasteiger partial charge is 0.478 e. The van der Waals surface area contributed by atoms with E-state index in [1.807, 2.05) is 36.4 Å². The van der Waals surface area contributed by atoms with Crippen molar-refractivity contribution in [3.8, 4) is 0 Å². The third-order valence-corrected chi connectivity index (χ3v) is 5.73. The van der Waals surface area contributed by atoms with Gasteiger partial charge in [-0.05, 0) is 37.7 Å². The number of carboxylic acids is 1. The second kappa shape index (κ2) is 33.6. The molecule has 258 valence electrons. The van der Waals surface area contributed by atoms with Crippen LogP contribution in [0, 0.1) is 5.92 Å². The summed E-state index contributed by atoms with van der Waals surface area (Å²) in [6.45, 7) is 23.0. The Labute approximate surface area is 276 Å². The van der Waals surface area contributed by atoms with E-state index in [-0.39, 0.29) is 37.1 Å². The predicted molar refractivity (Wildman–Crippen MR) is 185 cm³/mol. The average Bonchev–Trinajstić information content (AvgIpc) is 3.05. The summed E-state index contributed by atoms with van der Waals surface area (Å²) in [5, 5.41) is 16.7. The van der Waals surface area contributed by atoms with Crippen molar-refractivity contribution in [2.45, 2.75) is 79.1 Å². The van der Waals surface area contributed by atoms with Crippen molar-refractivity contribution in [1.82, 2.24) is 0 Å². The number of carboxylic acid groups (broad SMARTS) is 1. The van der Waals surface area contributed by atoms with Crippen molar-refractivity contribution in [1.29, 1.82) is 0 Å². The van der Waals surface area contributed by atoms with E-state index in [0.717, 1.165) is 31.8 Å². The number of ether oxygens (including phenoxy) is 3. The van der Waals surface area contributed by atoms with Crippen LogP contribution in [0.5, 0.6) is 0 Å². The van der Waals surface area contributed by atoms with E-state index >= 15 is 0 Å². The van der Waals surface area contributed by atoms with E-state index in [1.54, 1.807) is 6.92 Å². The zero-order valence-electron chi connectivity index (χ0n) is 28.3. The van der Waals surface area contributed by atoms with Gasteiger partial charge in [0.15, 0.2) is 0 Å². The molecule has 1 aromatic carbocycles. The van der Waals surface area contributed by atoms with Crippen molar-refractivity contribution in [3.05, 3.63) is 91.6 Å². The van der Waals surface area contributed by atoms with Crippen molar-refractivity contribution >= 4 is 30.0 Å². The first-order valence-electron chi connectivity index (χ1n) is 15.6. The number of rotatable bonds is 19. The van der Waals surface area contributed by atoms with Crippen molar-refractivity contribution in [3.63, 3.8) is 0 Å². The maximum absolute atomic E-state index is 11.1. The maximum atomic E-state index is 11.1. The smallest absolute Gasteiger partial charge is 0.333 e. The SMILES string of the molecule is C=C(C)C(=O)OCCCC.C=C(CC=CC(=O)O)C(=O)OCCCO.C=CC(=O)OCC(CC)CCCC.C=Cc1ccccc1. The third kappa shape index (κ3) is 32.7. The van der Waals surface area contributed by atoms with Gasteiger partial charge in [-0.1, -0.05) is 115 Å². The summed E-state index contributed by atoms with van der Waals surface area (Å²) in [7, 11) is 0. The molecule has 0 bridgehead atoms. The molecule has 0 aliphatic carbocycles. The summed E-state index contributed by atoms with van der Waals surface area (Å²) in [5.41, 5.74) is 1.83. The van der Waals surface area contributed by atoms with Crippen molar-refractivity contribution in [2.24, 2.45) is 5.92 Å². The third-order valence-electron chi connectivity index (χ3n) is 5.73. The molecule has 1 rings (SSSR count). The number of hydrogen-bond acceptors (Lipinski definition) is 8. The number of allylic oxidation sites excluding steroid dienone is 1. The second-order valence-electron chi connectivity index (χ2n) is 9.90. The predicted octanol–water partition coefficient (Wildman–Crippen LogP) is 7.67. The highest BCUT2D eigenvalue weighted by Gasteiger charge is 2.08. The van der Waals surface area contributed by atoms with Gasteiger partial charge in [-0.3, -0.25) is 0 Å². The van der Waals surface area contributed by atoms with Gasteiger partial charge in [0.25, 0.3) is 0 Å².